The van der Waals surface area contributed by atoms with Crippen molar-refractivity contribution >= 4 is 17.7 Å². The largest absolute Gasteiger partial charge is 0.368 e. The van der Waals surface area contributed by atoms with E-state index in [1.807, 2.05) is 0 Å². The summed E-state index contributed by atoms with van der Waals surface area (Å²) in [5.41, 5.74) is 10.8. The lowest BCUT2D eigenvalue weighted by Crippen LogP contribution is -2.56. The van der Waals surface area contributed by atoms with Crippen LogP contribution in [-0.2, 0) is 17.8 Å². The van der Waals surface area contributed by atoms with E-state index in [4.69, 9.17) is 11.5 Å². The SMILES string of the molecule is NC(=O)C(N)(CSc1nnc2n1CCCCC2)C1CC1. The summed E-state index contributed by atoms with van der Waals surface area (Å²) in [6.07, 6.45) is 6.55. The maximum absolute atomic E-state index is 11.6. The molecule has 7 heteroatoms. The van der Waals surface area contributed by atoms with Crippen molar-refractivity contribution in [2.75, 3.05) is 5.75 Å². The normalized spacial score (nSPS) is 21.9. The second-order valence-corrected chi connectivity index (χ2v) is 6.77. The van der Waals surface area contributed by atoms with Gasteiger partial charge in [-0.05, 0) is 31.6 Å². The van der Waals surface area contributed by atoms with Crippen LogP contribution < -0.4 is 11.5 Å². The van der Waals surface area contributed by atoms with Gasteiger partial charge in [-0.2, -0.15) is 0 Å². The van der Waals surface area contributed by atoms with Crippen LogP contribution in [0.5, 0.6) is 0 Å². The molecule has 1 amide bonds. The number of rotatable bonds is 5. The van der Waals surface area contributed by atoms with Crippen molar-refractivity contribution in [3.8, 4) is 0 Å². The van der Waals surface area contributed by atoms with Crippen molar-refractivity contribution < 1.29 is 4.79 Å². The smallest absolute Gasteiger partial charge is 0.238 e. The fraction of sp³-hybridized carbons (Fsp3) is 0.769. The average Bonchev–Trinajstić information content (AvgIpc) is 3.23. The lowest BCUT2D eigenvalue weighted by molar-refractivity contribution is -0.123. The first-order chi connectivity index (χ1) is 9.61. The molecule has 1 aliphatic heterocycles. The summed E-state index contributed by atoms with van der Waals surface area (Å²) in [4.78, 5) is 11.6. The van der Waals surface area contributed by atoms with Crippen LogP contribution in [0.15, 0.2) is 5.16 Å². The first-order valence-electron chi connectivity index (χ1n) is 7.25. The Labute approximate surface area is 122 Å². The molecule has 1 aromatic rings. The number of aromatic nitrogens is 3. The van der Waals surface area contributed by atoms with Gasteiger partial charge in [0.25, 0.3) is 0 Å². The molecule has 2 heterocycles. The summed E-state index contributed by atoms with van der Waals surface area (Å²) in [6.45, 7) is 0.961. The molecule has 1 saturated carbocycles. The van der Waals surface area contributed by atoms with Gasteiger partial charge in [0.05, 0.1) is 0 Å². The Morgan fingerprint density at radius 1 is 1.35 bits per heavy atom. The average molecular weight is 295 g/mol. The third-order valence-electron chi connectivity index (χ3n) is 4.28. The van der Waals surface area contributed by atoms with Crippen LogP contribution in [0.1, 0.15) is 37.9 Å². The summed E-state index contributed by atoms with van der Waals surface area (Å²) in [5, 5.41) is 9.38. The van der Waals surface area contributed by atoms with Crippen LogP contribution in [0.4, 0.5) is 0 Å². The predicted octanol–water partition coefficient (Wildman–Crippen LogP) is 0.689. The number of hydrogen-bond donors (Lipinski definition) is 2. The minimum Gasteiger partial charge on any atom is -0.368 e. The van der Waals surface area contributed by atoms with Crippen molar-refractivity contribution in [3.05, 3.63) is 5.82 Å². The minimum absolute atomic E-state index is 0.235. The summed E-state index contributed by atoms with van der Waals surface area (Å²) < 4.78 is 2.17. The number of fused-ring (bicyclic) bond motifs is 1. The Kier molecular flexibility index (Phi) is 3.72. The molecular formula is C13H21N5OS. The molecule has 0 spiro atoms. The topological polar surface area (TPSA) is 99.8 Å². The van der Waals surface area contributed by atoms with E-state index in [1.165, 1.54) is 24.6 Å². The molecule has 3 rings (SSSR count). The fourth-order valence-corrected chi connectivity index (χ4v) is 3.93. The Balaban J connectivity index is 1.72. The number of carbonyl (C=O) groups excluding carboxylic acids is 1. The van der Waals surface area contributed by atoms with E-state index in [2.05, 4.69) is 14.8 Å². The van der Waals surface area contributed by atoms with E-state index < -0.39 is 11.4 Å². The van der Waals surface area contributed by atoms with Gasteiger partial charge in [0, 0.05) is 18.7 Å². The zero-order chi connectivity index (χ0) is 14.2. The van der Waals surface area contributed by atoms with Crippen LogP contribution in [0.3, 0.4) is 0 Å². The number of amides is 1. The van der Waals surface area contributed by atoms with Gasteiger partial charge in [0.15, 0.2) is 5.16 Å². The minimum atomic E-state index is -0.901. The number of nitrogens with zero attached hydrogens (tertiary/aromatic N) is 3. The predicted molar refractivity (Wildman–Crippen MR) is 77.1 cm³/mol. The number of thioether (sulfide) groups is 1. The maximum Gasteiger partial charge on any atom is 0.238 e. The van der Waals surface area contributed by atoms with Gasteiger partial charge in [-0.1, -0.05) is 18.2 Å². The summed E-state index contributed by atoms with van der Waals surface area (Å²) in [7, 11) is 0. The van der Waals surface area contributed by atoms with Gasteiger partial charge in [-0.25, -0.2) is 0 Å². The van der Waals surface area contributed by atoms with Gasteiger partial charge in [-0.3, -0.25) is 4.79 Å². The van der Waals surface area contributed by atoms with Crippen molar-refractivity contribution in [2.24, 2.45) is 17.4 Å². The van der Waals surface area contributed by atoms with E-state index in [0.717, 1.165) is 43.2 Å². The second-order valence-electron chi connectivity index (χ2n) is 5.83. The molecule has 1 fully saturated rings. The molecule has 2 aliphatic rings. The second kappa shape index (κ2) is 5.37. The molecule has 110 valence electrons. The van der Waals surface area contributed by atoms with Crippen molar-refractivity contribution in [1.82, 2.24) is 14.8 Å². The number of nitrogens with two attached hydrogens (primary N) is 2. The van der Waals surface area contributed by atoms with E-state index in [1.54, 1.807) is 0 Å². The molecule has 1 atom stereocenters. The summed E-state index contributed by atoms with van der Waals surface area (Å²) >= 11 is 1.52. The highest BCUT2D eigenvalue weighted by Gasteiger charge is 2.47. The summed E-state index contributed by atoms with van der Waals surface area (Å²) in [5.74, 6) is 1.38. The number of hydrogen-bond acceptors (Lipinski definition) is 5. The van der Waals surface area contributed by atoms with Crippen LogP contribution >= 0.6 is 11.8 Å². The molecule has 20 heavy (non-hydrogen) atoms. The van der Waals surface area contributed by atoms with E-state index >= 15 is 0 Å². The van der Waals surface area contributed by atoms with Gasteiger partial charge in [0.1, 0.15) is 11.4 Å². The zero-order valence-electron chi connectivity index (χ0n) is 11.5. The third-order valence-corrected chi connectivity index (χ3v) is 5.46. The van der Waals surface area contributed by atoms with Crippen molar-refractivity contribution in [3.63, 3.8) is 0 Å². The maximum atomic E-state index is 11.6. The van der Waals surface area contributed by atoms with E-state index in [9.17, 15) is 4.79 Å². The molecule has 0 saturated heterocycles. The molecule has 1 aliphatic carbocycles. The molecule has 4 N–H and O–H groups in total. The van der Waals surface area contributed by atoms with Gasteiger partial charge in [0.2, 0.25) is 5.91 Å². The quantitative estimate of drug-likeness (QED) is 0.778. The summed E-state index contributed by atoms with van der Waals surface area (Å²) in [6, 6.07) is 0. The molecule has 1 unspecified atom stereocenters. The first-order valence-corrected chi connectivity index (χ1v) is 8.23. The Bertz CT molecular complexity index is 513. The molecule has 0 radical (unpaired) electrons. The third kappa shape index (κ3) is 2.56. The number of aryl methyl sites for hydroxylation is 1. The lowest BCUT2D eigenvalue weighted by Gasteiger charge is -2.25. The van der Waals surface area contributed by atoms with Gasteiger partial charge >= 0.3 is 0 Å². The Hall–Kier alpha value is -1.08. The molecular weight excluding hydrogens is 274 g/mol. The standard InChI is InChI=1S/C13H21N5OS/c14-11(19)13(15,9-5-6-9)8-20-12-17-16-10-4-2-1-3-7-18(10)12/h9H,1-8,15H2,(H2,14,19). The zero-order valence-corrected chi connectivity index (χ0v) is 12.4. The van der Waals surface area contributed by atoms with Crippen LogP contribution in [0.2, 0.25) is 0 Å². The highest BCUT2D eigenvalue weighted by Crippen LogP contribution is 2.40. The van der Waals surface area contributed by atoms with Crippen LogP contribution in [0, 0.1) is 5.92 Å². The Morgan fingerprint density at radius 2 is 2.15 bits per heavy atom. The highest BCUT2D eigenvalue weighted by atomic mass is 32.2. The molecule has 1 aromatic heterocycles. The fourth-order valence-electron chi connectivity index (χ4n) is 2.74. The van der Waals surface area contributed by atoms with Gasteiger partial charge in [-0.15, -0.1) is 10.2 Å². The molecule has 0 bridgehead atoms. The molecule has 0 aromatic carbocycles. The monoisotopic (exact) mass is 295 g/mol. The Morgan fingerprint density at radius 3 is 2.85 bits per heavy atom. The molecule has 6 nitrogen and oxygen atoms in total. The van der Waals surface area contributed by atoms with Gasteiger partial charge < -0.3 is 16.0 Å². The van der Waals surface area contributed by atoms with Crippen molar-refractivity contribution in [1.29, 1.82) is 0 Å². The first kappa shape index (κ1) is 13.9. The van der Waals surface area contributed by atoms with Crippen LogP contribution in [0.25, 0.3) is 0 Å². The van der Waals surface area contributed by atoms with Crippen molar-refractivity contribution in [2.45, 2.75) is 55.8 Å². The number of primary amides is 1. The van der Waals surface area contributed by atoms with Crippen LogP contribution in [-0.4, -0.2) is 32.0 Å². The van der Waals surface area contributed by atoms with E-state index in [0.29, 0.717) is 5.75 Å². The lowest BCUT2D eigenvalue weighted by atomic mass is 9.96. The highest BCUT2D eigenvalue weighted by molar-refractivity contribution is 7.99. The number of carbonyl (C=O) groups is 1. The van der Waals surface area contributed by atoms with E-state index in [-0.39, 0.29) is 5.92 Å².